The number of hydrogen-bond donors (Lipinski definition) is 3. The normalized spacial score (nSPS) is 12.8. The summed E-state index contributed by atoms with van der Waals surface area (Å²) in [5.74, 6) is -0.240. The van der Waals surface area contributed by atoms with Gasteiger partial charge in [0.25, 0.3) is 0 Å². The third-order valence-corrected chi connectivity index (χ3v) is 5.63. The van der Waals surface area contributed by atoms with E-state index in [-0.39, 0.29) is 0 Å². The van der Waals surface area contributed by atoms with Gasteiger partial charge in [-0.3, -0.25) is 14.8 Å². The second-order valence-corrected chi connectivity index (χ2v) is 7.70. The summed E-state index contributed by atoms with van der Waals surface area (Å²) in [6.07, 6.45) is 1.58. The Labute approximate surface area is 181 Å². The van der Waals surface area contributed by atoms with Gasteiger partial charge in [0.2, 0.25) is 0 Å². The number of anilines is 2. The van der Waals surface area contributed by atoms with Crippen molar-refractivity contribution in [3.63, 3.8) is 0 Å². The van der Waals surface area contributed by atoms with Crippen LogP contribution in [0.3, 0.4) is 0 Å². The summed E-state index contributed by atoms with van der Waals surface area (Å²) >= 11 is 3.72. The van der Waals surface area contributed by atoms with Crippen LogP contribution in [0.25, 0.3) is 22.5 Å². The minimum atomic E-state index is -0.973. The van der Waals surface area contributed by atoms with Crippen LogP contribution < -0.4 is 10.7 Å². The van der Waals surface area contributed by atoms with Crippen molar-refractivity contribution < 1.29 is 9.90 Å². The number of nitrogens with one attached hydrogen (secondary N) is 2. The van der Waals surface area contributed by atoms with E-state index in [1.807, 2.05) is 48.1 Å². The molecule has 0 amide bonds. The van der Waals surface area contributed by atoms with Crippen molar-refractivity contribution >= 4 is 33.4 Å². The summed E-state index contributed by atoms with van der Waals surface area (Å²) in [6.45, 7) is 1.54. The number of aromatic amines is 1. The molecule has 4 rings (SSSR count). The van der Waals surface area contributed by atoms with Gasteiger partial charge in [-0.15, -0.1) is 0 Å². The SMILES string of the molecule is CC(N=c1cnc2c(Nc3cccc(-c4ccccc4)c3Br)[nH]n(C)c-2c1)C(=O)O. The molecule has 2 aromatic carbocycles. The van der Waals surface area contributed by atoms with Gasteiger partial charge in [-0.25, -0.2) is 9.78 Å². The van der Waals surface area contributed by atoms with Crippen LogP contribution in [0.15, 0.2) is 70.3 Å². The number of carbonyl (C=O) groups is 1. The van der Waals surface area contributed by atoms with Gasteiger partial charge in [0.05, 0.1) is 22.9 Å². The van der Waals surface area contributed by atoms with E-state index in [4.69, 9.17) is 5.11 Å². The molecular formula is C22H20BrN5O2. The summed E-state index contributed by atoms with van der Waals surface area (Å²) in [5.41, 5.74) is 4.64. The Bertz CT molecular complexity index is 1250. The van der Waals surface area contributed by atoms with E-state index in [0.29, 0.717) is 5.36 Å². The van der Waals surface area contributed by atoms with Crippen molar-refractivity contribution in [1.29, 1.82) is 0 Å². The first-order valence-corrected chi connectivity index (χ1v) is 10.2. The lowest BCUT2D eigenvalue weighted by atomic mass is 10.1. The maximum Gasteiger partial charge on any atom is 0.328 e. The number of pyridine rings is 1. The average molecular weight is 466 g/mol. The fourth-order valence-electron chi connectivity index (χ4n) is 3.21. The van der Waals surface area contributed by atoms with Gasteiger partial charge in [-0.1, -0.05) is 42.5 Å². The number of fused-ring (bicyclic) bond motifs is 1. The topological polar surface area (TPSA) is 95.3 Å². The van der Waals surface area contributed by atoms with Crippen molar-refractivity contribution in [2.45, 2.75) is 13.0 Å². The molecule has 0 spiro atoms. The summed E-state index contributed by atoms with van der Waals surface area (Å²) in [6, 6.07) is 17.2. The molecule has 30 heavy (non-hydrogen) atoms. The molecule has 7 nitrogen and oxygen atoms in total. The van der Waals surface area contributed by atoms with Crippen LogP contribution in [0.2, 0.25) is 0 Å². The molecule has 2 aromatic rings. The van der Waals surface area contributed by atoms with Gasteiger partial charge in [-0.05, 0) is 46.1 Å². The third kappa shape index (κ3) is 3.86. The lowest BCUT2D eigenvalue weighted by molar-refractivity contribution is -0.138. The maximum atomic E-state index is 11.1. The summed E-state index contributed by atoms with van der Waals surface area (Å²) in [4.78, 5) is 19.8. The lowest BCUT2D eigenvalue weighted by Crippen LogP contribution is -2.18. The molecule has 152 valence electrons. The standard InChI is InChI=1S/C22H20BrN5O2/c1-13(22(29)30)25-15-11-18-20(24-12-15)21(27-28(18)2)26-17-10-6-9-16(19(17)23)14-7-4-3-5-8-14/h3-13,26-27H,1-2H3,(H,29,30). The molecule has 0 saturated carbocycles. The second-order valence-electron chi connectivity index (χ2n) is 6.91. The molecule has 0 aromatic heterocycles. The molecule has 8 heteroatoms. The predicted octanol–water partition coefficient (Wildman–Crippen LogP) is 4.40. The highest BCUT2D eigenvalue weighted by atomic mass is 79.9. The van der Waals surface area contributed by atoms with E-state index >= 15 is 0 Å². The van der Waals surface area contributed by atoms with E-state index in [1.165, 1.54) is 6.92 Å². The largest absolute Gasteiger partial charge is 0.480 e. The maximum absolute atomic E-state index is 11.1. The number of hydrogen-bond acceptors (Lipinski definition) is 4. The molecule has 2 heterocycles. The van der Waals surface area contributed by atoms with Crippen molar-refractivity contribution in [2.24, 2.45) is 12.0 Å². The van der Waals surface area contributed by atoms with E-state index in [0.717, 1.165) is 38.5 Å². The van der Waals surface area contributed by atoms with Gasteiger partial charge in [0, 0.05) is 11.5 Å². The molecule has 1 atom stereocenters. The predicted molar refractivity (Wildman–Crippen MR) is 120 cm³/mol. The minimum Gasteiger partial charge on any atom is -0.480 e. The first-order valence-electron chi connectivity index (χ1n) is 9.36. The Morgan fingerprint density at radius 2 is 2.00 bits per heavy atom. The van der Waals surface area contributed by atoms with Crippen LogP contribution in [0.5, 0.6) is 0 Å². The lowest BCUT2D eigenvalue weighted by Gasteiger charge is -2.12. The van der Waals surface area contributed by atoms with E-state index in [2.05, 4.69) is 54.5 Å². The van der Waals surface area contributed by atoms with E-state index < -0.39 is 12.0 Å². The molecule has 0 fully saturated rings. The zero-order valence-electron chi connectivity index (χ0n) is 16.4. The number of aromatic nitrogens is 3. The summed E-state index contributed by atoms with van der Waals surface area (Å²) in [5, 5.41) is 16.3. The Kier molecular flexibility index (Phi) is 5.41. The van der Waals surface area contributed by atoms with Gasteiger partial charge in [0.1, 0.15) is 11.7 Å². The molecule has 3 N–H and O–H groups in total. The monoisotopic (exact) mass is 465 g/mol. The Hall–Kier alpha value is -3.39. The van der Waals surface area contributed by atoms with Crippen LogP contribution in [0.1, 0.15) is 6.92 Å². The number of nitrogens with zero attached hydrogens (tertiary/aromatic N) is 3. The van der Waals surface area contributed by atoms with Crippen molar-refractivity contribution in [3.8, 4) is 22.5 Å². The third-order valence-electron chi connectivity index (χ3n) is 4.77. The molecule has 2 aliphatic heterocycles. The summed E-state index contributed by atoms with van der Waals surface area (Å²) in [7, 11) is 1.87. The minimum absolute atomic E-state index is 0.519. The highest BCUT2D eigenvalue weighted by Gasteiger charge is 2.17. The van der Waals surface area contributed by atoms with Crippen LogP contribution in [0.4, 0.5) is 11.5 Å². The van der Waals surface area contributed by atoms with E-state index in [1.54, 1.807) is 6.20 Å². The molecule has 0 bridgehead atoms. The number of rotatable bonds is 5. The van der Waals surface area contributed by atoms with Crippen LogP contribution >= 0.6 is 15.9 Å². The number of halogens is 1. The molecule has 0 aliphatic carbocycles. The van der Waals surface area contributed by atoms with Crippen molar-refractivity contribution in [2.75, 3.05) is 5.32 Å². The van der Waals surface area contributed by atoms with Gasteiger partial charge < -0.3 is 10.4 Å². The number of benzene rings is 2. The van der Waals surface area contributed by atoms with Crippen molar-refractivity contribution in [1.82, 2.24) is 14.8 Å². The fraction of sp³-hybridized carbons (Fsp3) is 0.136. The van der Waals surface area contributed by atoms with E-state index in [9.17, 15) is 4.79 Å². The average Bonchev–Trinajstić information content (AvgIpc) is 3.05. The molecule has 0 saturated heterocycles. The Morgan fingerprint density at radius 3 is 2.73 bits per heavy atom. The first-order chi connectivity index (χ1) is 14.4. The number of aliphatic carboxylic acids is 1. The second kappa shape index (κ2) is 8.16. The summed E-state index contributed by atoms with van der Waals surface area (Å²) < 4.78 is 2.77. The smallest absolute Gasteiger partial charge is 0.328 e. The quantitative estimate of drug-likeness (QED) is 0.406. The molecule has 1 unspecified atom stereocenters. The zero-order chi connectivity index (χ0) is 21.3. The van der Waals surface area contributed by atoms with Crippen LogP contribution in [-0.4, -0.2) is 31.9 Å². The first kappa shape index (κ1) is 19.9. The molecule has 2 aliphatic rings. The zero-order valence-corrected chi connectivity index (χ0v) is 18.0. The number of carboxylic acids is 1. The Balaban J connectivity index is 1.71. The van der Waals surface area contributed by atoms with Crippen LogP contribution in [-0.2, 0) is 11.8 Å². The molecular weight excluding hydrogens is 446 g/mol. The highest BCUT2D eigenvalue weighted by Crippen LogP contribution is 2.37. The number of carboxylic acid groups (broad SMARTS) is 1. The van der Waals surface area contributed by atoms with Crippen LogP contribution in [0, 0.1) is 0 Å². The fourth-order valence-corrected chi connectivity index (χ4v) is 3.80. The van der Waals surface area contributed by atoms with Gasteiger partial charge in [0.15, 0.2) is 5.82 Å². The van der Waals surface area contributed by atoms with Crippen molar-refractivity contribution in [3.05, 3.63) is 70.6 Å². The van der Waals surface area contributed by atoms with Gasteiger partial charge in [-0.2, -0.15) is 0 Å². The van der Waals surface area contributed by atoms with Gasteiger partial charge >= 0.3 is 5.97 Å². The number of aryl methyl sites for hydroxylation is 1. The Morgan fingerprint density at radius 1 is 1.23 bits per heavy atom. The number of H-pyrrole nitrogens is 1. The highest BCUT2D eigenvalue weighted by molar-refractivity contribution is 9.10. The molecule has 0 radical (unpaired) electrons.